The standard InChI is InChI=1S/C10H9ClN2O/c11-8-3-1-2-7(6-8)9(14)10-12-4-5-13-10/h1-6,9,14H,(H,12,13). The first-order valence-electron chi connectivity index (χ1n) is 4.20. The van der Waals surface area contributed by atoms with Gasteiger partial charge in [-0.15, -0.1) is 0 Å². The Hall–Kier alpha value is -1.32. The molecule has 0 aliphatic rings. The molecule has 0 saturated heterocycles. The van der Waals surface area contributed by atoms with Crippen LogP contribution in [0.4, 0.5) is 0 Å². The van der Waals surface area contributed by atoms with Crippen molar-refractivity contribution in [3.05, 3.63) is 53.1 Å². The fraction of sp³-hybridized carbons (Fsp3) is 0.100. The molecule has 0 radical (unpaired) electrons. The molecule has 1 aromatic carbocycles. The Labute approximate surface area is 86.4 Å². The van der Waals surface area contributed by atoms with Crippen LogP contribution in [0.25, 0.3) is 0 Å². The summed E-state index contributed by atoms with van der Waals surface area (Å²) < 4.78 is 0. The lowest BCUT2D eigenvalue weighted by atomic mass is 10.1. The highest BCUT2D eigenvalue weighted by molar-refractivity contribution is 6.30. The third kappa shape index (κ3) is 1.78. The van der Waals surface area contributed by atoms with E-state index in [2.05, 4.69) is 9.97 Å². The van der Waals surface area contributed by atoms with E-state index >= 15 is 0 Å². The summed E-state index contributed by atoms with van der Waals surface area (Å²) in [5.41, 5.74) is 0.729. The molecule has 72 valence electrons. The van der Waals surface area contributed by atoms with Crippen LogP contribution in [0.1, 0.15) is 17.5 Å². The van der Waals surface area contributed by atoms with Crippen LogP contribution in [0.5, 0.6) is 0 Å². The van der Waals surface area contributed by atoms with Gasteiger partial charge in [0.25, 0.3) is 0 Å². The summed E-state index contributed by atoms with van der Waals surface area (Å²) in [6.07, 6.45) is 2.52. The Balaban J connectivity index is 2.32. The highest BCUT2D eigenvalue weighted by Gasteiger charge is 2.12. The van der Waals surface area contributed by atoms with E-state index in [1.54, 1.807) is 36.7 Å². The molecular formula is C10H9ClN2O. The molecule has 1 atom stereocenters. The number of aromatic nitrogens is 2. The third-order valence-corrected chi connectivity index (χ3v) is 2.18. The van der Waals surface area contributed by atoms with Gasteiger partial charge in [-0.05, 0) is 17.7 Å². The van der Waals surface area contributed by atoms with E-state index < -0.39 is 6.10 Å². The zero-order valence-corrected chi connectivity index (χ0v) is 8.07. The molecular weight excluding hydrogens is 200 g/mol. The molecule has 1 aromatic heterocycles. The predicted molar refractivity (Wildman–Crippen MR) is 54.1 cm³/mol. The molecule has 2 N–H and O–H groups in total. The number of hydrogen-bond donors (Lipinski definition) is 2. The Morgan fingerprint density at radius 3 is 2.93 bits per heavy atom. The normalized spacial score (nSPS) is 12.7. The van der Waals surface area contributed by atoms with Crippen molar-refractivity contribution < 1.29 is 5.11 Å². The zero-order valence-electron chi connectivity index (χ0n) is 7.31. The lowest BCUT2D eigenvalue weighted by Gasteiger charge is -2.07. The Morgan fingerprint density at radius 2 is 2.29 bits per heavy atom. The molecule has 14 heavy (non-hydrogen) atoms. The summed E-state index contributed by atoms with van der Waals surface area (Å²) in [5, 5.41) is 10.5. The minimum Gasteiger partial charge on any atom is -0.380 e. The first-order chi connectivity index (χ1) is 6.77. The average molecular weight is 209 g/mol. The van der Waals surface area contributed by atoms with Crippen molar-refractivity contribution in [1.29, 1.82) is 0 Å². The van der Waals surface area contributed by atoms with E-state index in [9.17, 15) is 5.11 Å². The van der Waals surface area contributed by atoms with Gasteiger partial charge < -0.3 is 10.1 Å². The molecule has 1 heterocycles. The number of imidazole rings is 1. The van der Waals surface area contributed by atoms with Gasteiger partial charge in [0.05, 0.1) is 0 Å². The second-order valence-electron chi connectivity index (χ2n) is 2.93. The number of aliphatic hydroxyl groups is 1. The molecule has 0 amide bonds. The fourth-order valence-electron chi connectivity index (χ4n) is 1.26. The van der Waals surface area contributed by atoms with Crippen molar-refractivity contribution in [1.82, 2.24) is 9.97 Å². The van der Waals surface area contributed by atoms with Crippen molar-refractivity contribution in [2.24, 2.45) is 0 Å². The zero-order chi connectivity index (χ0) is 9.97. The number of nitrogens with one attached hydrogen (secondary N) is 1. The van der Waals surface area contributed by atoms with Crippen molar-refractivity contribution >= 4 is 11.6 Å². The number of aromatic amines is 1. The van der Waals surface area contributed by atoms with Crippen LogP contribution in [0, 0.1) is 0 Å². The monoisotopic (exact) mass is 208 g/mol. The van der Waals surface area contributed by atoms with Gasteiger partial charge in [0.15, 0.2) is 0 Å². The number of halogens is 1. The quantitative estimate of drug-likeness (QED) is 0.795. The van der Waals surface area contributed by atoms with Crippen molar-refractivity contribution in [3.8, 4) is 0 Å². The number of hydrogen-bond acceptors (Lipinski definition) is 2. The van der Waals surface area contributed by atoms with Crippen molar-refractivity contribution in [2.45, 2.75) is 6.10 Å². The molecule has 0 bridgehead atoms. The van der Waals surface area contributed by atoms with Crippen molar-refractivity contribution in [2.75, 3.05) is 0 Å². The van der Waals surface area contributed by atoms with Gasteiger partial charge >= 0.3 is 0 Å². The highest BCUT2D eigenvalue weighted by Crippen LogP contribution is 2.21. The van der Waals surface area contributed by atoms with Crippen LogP contribution >= 0.6 is 11.6 Å². The van der Waals surface area contributed by atoms with Gasteiger partial charge in [-0.1, -0.05) is 23.7 Å². The van der Waals surface area contributed by atoms with Crippen LogP contribution in [-0.2, 0) is 0 Å². The third-order valence-electron chi connectivity index (χ3n) is 1.94. The van der Waals surface area contributed by atoms with E-state index in [1.165, 1.54) is 0 Å². The van der Waals surface area contributed by atoms with Crippen LogP contribution in [0.3, 0.4) is 0 Å². The van der Waals surface area contributed by atoms with Gasteiger partial charge in [-0.2, -0.15) is 0 Å². The summed E-state index contributed by atoms with van der Waals surface area (Å²) >= 11 is 5.81. The first kappa shape index (κ1) is 9.24. The number of nitrogens with zero attached hydrogens (tertiary/aromatic N) is 1. The molecule has 4 heteroatoms. The minimum atomic E-state index is -0.747. The second kappa shape index (κ2) is 3.82. The molecule has 0 saturated carbocycles. The van der Waals surface area contributed by atoms with E-state index in [1.807, 2.05) is 0 Å². The van der Waals surface area contributed by atoms with Crippen molar-refractivity contribution in [3.63, 3.8) is 0 Å². The van der Waals surface area contributed by atoms with Gasteiger partial charge in [0, 0.05) is 17.4 Å². The molecule has 1 unspecified atom stereocenters. The molecule has 0 spiro atoms. The molecule has 3 nitrogen and oxygen atoms in total. The maximum Gasteiger partial charge on any atom is 0.139 e. The largest absolute Gasteiger partial charge is 0.380 e. The van der Waals surface area contributed by atoms with Crippen LogP contribution in [0.2, 0.25) is 5.02 Å². The van der Waals surface area contributed by atoms with Gasteiger partial charge in [0.2, 0.25) is 0 Å². The molecule has 0 aliphatic heterocycles. The molecule has 2 aromatic rings. The minimum absolute atomic E-state index is 0.521. The Kier molecular flexibility index (Phi) is 2.52. The summed E-state index contributed by atoms with van der Waals surface area (Å²) in [7, 11) is 0. The van der Waals surface area contributed by atoms with E-state index in [0.29, 0.717) is 10.8 Å². The fourth-order valence-corrected chi connectivity index (χ4v) is 1.46. The van der Waals surface area contributed by atoms with E-state index in [4.69, 9.17) is 11.6 Å². The SMILES string of the molecule is OC(c1cccc(Cl)c1)c1ncc[nH]1. The lowest BCUT2D eigenvalue weighted by molar-refractivity contribution is 0.211. The highest BCUT2D eigenvalue weighted by atomic mass is 35.5. The van der Waals surface area contributed by atoms with Gasteiger partial charge in [-0.25, -0.2) is 4.98 Å². The maximum atomic E-state index is 9.85. The lowest BCUT2D eigenvalue weighted by Crippen LogP contribution is -2.01. The van der Waals surface area contributed by atoms with Crippen LogP contribution < -0.4 is 0 Å². The Morgan fingerprint density at radius 1 is 1.43 bits per heavy atom. The summed E-state index contributed by atoms with van der Waals surface area (Å²) in [4.78, 5) is 6.82. The van der Waals surface area contributed by atoms with E-state index in [-0.39, 0.29) is 0 Å². The topological polar surface area (TPSA) is 48.9 Å². The molecule has 2 rings (SSSR count). The number of aliphatic hydroxyl groups excluding tert-OH is 1. The second-order valence-corrected chi connectivity index (χ2v) is 3.37. The molecule has 0 aliphatic carbocycles. The summed E-state index contributed by atoms with van der Waals surface area (Å²) in [6.45, 7) is 0. The predicted octanol–water partition coefficient (Wildman–Crippen LogP) is 2.14. The Bertz CT molecular complexity index is 414. The first-order valence-corrected chi connectivity index (χ1v) is 4.58. The molecule has 0 fully saturated rings. The number of benzene rings is 1. The summed E-state index contributed by atoms with van der Waals surface area (Å²) in [6, 6.07) is 7.08. The van der Waals surface area contributed by atoms with Crippen LogP contribution in [0.15, 0.2) is 36.7 Å². The van der Waals surface area contributed by atoms with E-state index in [0.717, 1.165) is 5.56 Å². The summed E-state index contributed by atoms with van der Waals surface area (Å²) in [5.74, 6) is 0.521. The number of rotatable bonds is 2. The number of H-pyrrole nitrogens is 1. The maximum absolute atomic E-state index is 9.85. The van der Waals surface area contributed by atoms with Gasteiger partial charge in [-0.3, -0.25) is 0 Å². The van der Waals surface area contributed by atoms with Gasteiger partial charge in [0.1, 0.15) is 11.9 Å². The smallest absolute Gasteiger partial charge is 0.139 e. The van der Waals surface area contributed by atoms with Crippen LogP contribution in [-0.4, -0.2) is 15.1 Å². The average Bonchev–Trinajstić information content (AvgIpc) is 2.69.